The Kier molecular flexibility index (Phi) is 4.08. The zero-order chi connectivity index (χ0) is 13.9. The number of carbonyl (C=O) groups excluding carboxylic acids is 1. The zero-order valence-corrected chi connectivity index (χ0v) is 11.4. The lowest BCUT2D eigenvalue weighted by Gasteiger charge is -2.29. The van der Waals surface area contributed by atoms with E-state index in [2.05, 4.69) is 12.2 Å². The highest BCUT2D eigenvalue weighted by molar-refractivity contribution is 5.85. The maximum absolute atomic E-state index is 12.9. The molecule has 1 aromatic rings. The van der Waals surface area contributed by atoms with Gasteiger partial charge < -0.3 is 10.1 Å². The van der Waals surface area contributed by atoms with Crippen LogP contribution in [0.3, 0.4) is 0 Å². The first kappa shape index (κ1) is 13.8. The Balaban J connectivity index is 2.19. The van der Waals surface area contributed by atoms with Crippen molar-refractivity contribution >= 4 is 11.7 Å². The zero-order valence-electron chi connectivity index (χ0n) is 11.4. The van der Waals surface area contributed by atoms with Crippen LogP contribution in [0.15, 0.2) is 24.3 Å². The van der Waals surface area contributed by atoms with E-state index in [1.165, 1.54) is 12.1 Å². The van der Waals surface area contributed by atoms with Crippen LogP contribution in [0.2, 0.25) is 0 Å². The van der Waals surface area contributed by atoms with Crippen molar-refractivity contribution in [2.75, 3.05) is 11.9 Å². The Morgan fingerprint density at radius 2 is 2.16 bits per heavy atom. The van der Waals surface area contributed by atoms with Crippen LogP contribution < -0.4 is 5.32 Å². The van der Waals surface area contributed by atoms with Crippen molar-refractivity contribution in [2.24, 2.45) is 5.92 Å². The topological polar surface area (TPSA) is 38.3 Å². The van der Waals surface area contributed by atoms with Gasteiger partial charge in [0.25, 0.3) is 0 Å². The summed E-state index contributed by atoms with van der Waals surface area (Å²) in [5.74, 6) is -0.00319. The van der Waals surface area contributed by atoms with Gasteiger partial charge in [-0.2, -0.15) is 0 Å². The fourth-order valence-corrected chi connectivity index (χ4v) is 2.72. The summed E-state index contributed by atoms with van der Waals surface area (Å²) in [4.78, 5) is 12.2. The van der Waals surface area contributed by atoms with Gasteiger partial charge in [0.15, 0.2) is 0 Å². The van der Waals surface area contributed by atoms with Gasteiger partial charge in [0.05, 0.1) is 6.61 Å². The summed E-state index contributed by atoms with van der Waals surface area (Å²) in [6.07, 6.45) is 2.50. The van der Waals surface area contributed by atoms with Crippen LogP contribution in [-0.4, -0.2) is 18.1 Å². The minimum absolute atomic E-state index is 0.205. The van der Waals surface area contributed by atoms with Crippen molar-refractivity contribution in [1.82, 2.24) is 0 Å². The quantitative estimate of drug-likeness (QED) is 0.848. The summed E-state index contributed by atoms with van der Waals surface area (Å²) in [5, 5.41) is 3.26. The van der Waals surface area contributed by atoms with E-state index in [9.17, 15) is 9.18 Å². The molecule has 0 aliphatic heterocycles. The second-order valence-electron chi connectivity index (χ2n) is 5.28. The number of esters is 1. The maximum atomic E-state index is 12.9. The molecule has 2 rings (SSSR count). The van der Waals surface area contributed by atoms with Crippen molar-refractivity contribution in [3.63, 3.8) is 0 Å². The Morgan fingerprint density at radius 3 is 2.68 bits per heavy atom. The van der Waals surface area contributed by atoms with E-state index in [4.69, 9.17) is 4.74 Å². The molecule has 0 heterocycles. The third kappa shape index (κ3) is 3.06. The summed E-state index contributed by atoms with van der Waals surface area (Å²) in [7, 11) is 0. The van der Waals surface area contributed by atoms with E-state index in [1.54, 1.807) is 12.1 Å². The molecule has 0 radical (unpaired) electrons. The lowest BCUT2D eigenvalue weighted by molar-refractivity contribution is -0.148. The lowest BCUT2D eigenvalue weighted by Crippen LogP contribution is -2.45. The van der Waals surface area contributed by atoms with Crippen LogP contribution in [0, 0.1) is 11.7 Å². The molecule has 19 heavy (non-hydrogen) atoms. The first-order valence-corrected chi connectivity index (χ1v) is 6.77. The predicted octanol–water partition coefficient (Wildman–Crippen LogP) is 3.36. The van der Waals surface area contributed by atoms with Crippen molar-refractivity contribution in [3.8, 4) is 0 Å². The molecule has 104 valence electrons. The fourth-order valence-electron chi connectivity index (χ4n) is 2.72. The molecule has 0 saturated heterocycles. The molecule has 1 saturated carbocycles. The number of benzene rings is 1. The molecule has 2 atom stereocenters. The van der Waals surface area contributed by atoms with Crippen molar-refractivity contribution in [1.29, 1.82) is 0 Å². The van der Waals surface area contributed by atoms with E-state index in [0.29, 0.717) is 12.5 Å². The minimum atomic E-state index is -0.659. The van der Waals surface area contributed by atoms with E-state index in [-0.39, 0.29) is 11.8 Å². The number of rotatable bonds is 4. The van der Waals surface area contributed by atoms with Crippen molar-refractivity contribution in [2.45, 2.75) is 38.6 Å². The van der Waals surface area contributed by atoms with Crippen LogP contribution >= 0.6 is 0 Å². The third-order valence-electron chi connectivity index (χ3n) is 3.65. The second-order valence-corrected chi connectivity index (χ2v) is 5.28. The van der Waals surface area contributed by atoms with Gasteiger partial charge in [0, 0.05) is 5.69 Å². The molecule has 3 nitrogen and oxygen atoms in total. The van der Waals surface area contributed by atoms with Gasteiger partial charge in [0.1, 0.15) is 11.4 Å². The molecule has 1 N–H and O–H groups in total. The lowest BCUT2D eigenvalue weighted by atomic mass is 9.95. The summed E-state index contributed by atoms with van der Waals surface area (Å²) < 4.78 is 18.1. The van der Waals surface area contributed by atoms with Crippen LogP contribution in [0.25, 0.3) is 0 Å². The smallest absolute Gasteiger partial charge is 0.331 e. The highest BCUT2D eigenvalue weighted by Gasteiger charge is 2.45. The highest BCUT2D eigenvalue weighted by atomic mass is 19.1. The largest absolute Gasteiger partial charge is 0.464 e. The van der Waals surface area contributed by atoms with Gasteiger partial charge in [-0.05, 0) is 56.4 Å². The average molecular weight is 265 g/mol. The Morgan fingerprint density at radius 1 is 1.47 bits per heavy atom. The summed E-state index contributed by atoms with van der Waals surface area (Å²) in [6.45, 7) is 4.31. The highest BCUT2D eigenvalue weighted by Crippen LogP contribution is 2.38. The van der Waals surface area contributed by atoms with Crippen LogP contribution in [0.1, 0.15) is 33.1 Å². The predicted molar refractivity (Wildman–Crippen MR) is 72.4 cm³/mol. The molecule has 0 spiro atoms. The maximum Gasteiger partial charge on any atom is 0.331 e. The van der Waals surface area contributed by atoms with Crippen LogP contribution in [0.4, 0.5) is 10.1 Å². The Labute approximate surface area is 113 Å². The number of anilines is 1. The minimum Gasteiger partial charge on any atom is -0.464 e. The number of hydrogen-bond acceptors (Lipinski definition) is 3. The van der Waals surface area contributed by atoms with Crippen LogP contribution in [0.5, 0.6) is 0 Å². The second kappa shape index (κ2) is 5.59. The van der Waals surface area contributed by atoms with Gasteiger partial charge >= 0.3 is 5.97 Å². The first-order chi connectivity index (χ1) is 9.05. The first-order valence-electron chi connectivity index (χ1n) is 6.77. The standard InChI is InChI=1S/C15H20FNO2/c1-3-19-14(18)15(9-8-11(2)10-15)17-13-6-4-12(16)5-7-13/h4-7,11,17H,3,8-10H2,1-2H3. The molecule has 0 aromatic heterocycles. The number of nitrogens with one attached hydrogen (secondary N) is 1. The normalized spacial score (nSPS) is 26.2. The molecule has 1 aliphatic carbocycles. The van der Waals surface area contributed by atoms with Gasteiger partial charge in [-0.1, -0.05) is 6.92 Å². The number of carbonyl (C=O) groups is 1. The summed E-state index contributed by atoms with van der Waals surface area (Å²) >= 11 is 0. The van der Waals surface area contributed by atoms with Crippen molar-refractivity contribution in [3.05, 3.63) is 30.1 Å². The summed E-state index contributed by atoms with van der Waals surface area (Å²) in [6, 6.07) is 6.08. The Bertz CT molecular complexity index is 446. The van der Waals surface area contributed by atoms with E-state index in [0.717, 1.165) is 24.9 Å². The molecule has 0 bridgehead atoms. The monoisotopic (exact) mass is 265 g/mol. The molecular formula is C15H20FNO2. The summed E-state index contributed by atoms with van der Waals surface area (Å²) in [5.41, 5.74) is 0.0938. The van der Waals surface area contributed by atoms with Crippen molar-refractivity contribution < 1.29 is 13.9 Å². The van der Waals surface area contributed by atoms with Gasteiger partial charge in [-0.15, -0.1) is 0 Å². The molecule has 1 aliphatic rings. The molecule has 0 amide bonds. The van der Waals surface area contributed by atoms with E-state index < -0.39 is 5.54 Å². The van der Waals surface area contributed by atoms with Gasteiger partial charge in [-0.3, -0.25) is 0 Å². The van der Waals surface area contributed by atoms with Gasteiger partial charge in [0.2, 0.25) is 0 Å². The molecule has 1 aromatic carbocycles. The fraction of sp³-hybridized carbons (Fsp3) is 0.533. The van der Waals surface area contributed by atoms with E-state index in [1.807, 2.05) is 6.92 Å². The molecular weight excluding hydrogens is 245 g/mol. The van der Waals surface area contributed by atoms with E-state index >= 15 is 0 Å². The number of ether oxygens (including phenoxy) is 1. The molecule has 1 fully saturated rings. The average Bonchev–Trinajstić information content (AvgIpc) is 2.75. The Hall–Kier alpha value is -1.58. The number of halogens is 1. The molecule has 2 unspecified atom stereocenters. The van der Waals surface area contributed by atoms with Crippen LogP contribution in [-0.2, 0) is 9.53 Å². The van der Waals surface area contributed by atoms with Gasteiger partial charge in [-0.25, -0.2) is 9.18 Å². The number of hydrogen-bond donors (Lipinski definition) is 1. The SMILES string of the molecule is CCOC(=O)C1(Nc2ccc(F)cc2)CCC(C)C1. The third-order valence-corrected chi connectivity index (χ3v) is 3.65. The molecule has 4 heteroatoms.